The predicted octanol–water partition coefficient (Wildman–Crippen LogP) is 0.841. The van der Waals surface area contributed by atoms with Gasteiger partial charge in [0.2, 0.25) is 0 Å². The molecule has 0 amide bonds. The third-order valence-electron chi connectivity index (χ3n) is 0.670. The van der Waals surface area contributed by atoms with E-state index in [1.165, 1.54) is 6.92 Å². The van der Waals surface area contributed by atoms with Crippen molar-refractivity contribution < 1.29 is 10.2 Å². The summed E-state index contributed by atoms with van der Waals surface area (Å²) in [6.07, 6.45) is 0.382. The predicted molar refractivity (Wildman–Crippen MR) is 47.1 cm³/mol. The van der Waals surface area contributed by atoms with Crippen molar-refractivity contribution in [2.75, 3.05) is 0 Å². The Morgan fingerprint density at radius 1 is 1.09 bits per heavy atom. The molecule has 0 atom stereocenters. The zero-order chi connectivity index (χ0) is 9.71. The Morgan fingerprint density at radius 3 is 1.18 bits per heavy atom. The highest BCUT2D eigenvalue weighted by Crippen LogP contribution is 1.99. The van der Waals surface area contributed by atoms with Gasteiger partial charge in [-0.2, -0.15) is 0 Å². The summed E-state index contributed by atoms with van der Waals surface area (Å²) in [7, 11) is 0. The maximum atomic E-state index is 8.38. The monoisotopic (exact) mass is 163 g/mol. The van der Waals surface area contributed by atoms with Crippen molar-refractivity contribution in [1.82, 2.24) is 0 Å². The second kappa shape index (κ2) is 4.70. The van der Waals surface area contributed by atoms with Crippen LogP contribution in [0.1, 0.15) is 41.0 Å². The van der Waals surface area contributed by atoms with Gasteiger partial charge in [0, 0.05) is 5.54 Å². The molecule has 0 rings (SSSR count). The summed E-state index contributed by atoms with van der Waals surface area (Å²) in [6, 6.07) is 0. The molecule has 0 spiro atoms. The van der Waals surface area contributed by atoms with Crippen LogP contribution in [0.4, 0.5) is 0 Å². The van der Waals surface area contributed by atoms with Crippen molar-refractivity contribution in [3.8, 4) is 0 Å². The van der Waals surface area contributed by atoms with E-state index in [1.54, 1.807) is 6.92 Å². The van der Waals surface area contributed by atoms with Crippen molar-refractivity contribution in [2.24, 2.45) is 5.73 Å². The third kappa shape index (κ3) is 74.0. The molecule has 0 heterocycles. The van der Waals surface area contributed by atoms with E-state index in [1.807, 2.05) is 20.8 Å². The van der Waals surface area contributed by atoms with Crippen LogP contribution >= 0.6 is 0 Å². The summed E-state index contributed by atoms with van der Waals surface area (Å²) in [6.45, 7) is 8.96. The maximum Gasteiger partial charge on any atom is 0.159 e. The highest BCUT2D eigenvalue weighted by atomic mass is 16.5. The first-order valence-corrected chi connectivity index (χ1v) is 3.80. The van der Waals surface area contributed by atoms with Crippen LogP contribution in [0.15, 0.2) is 0 Å². The minimum absolute atomic E-state index is 0. The largest absolute Gasteiger partial charge is 0.366 e. The van der Waals surface area contributed by atoms with Gasteiger partial charge in [0.1, 0.15) is 0 Å². The van der Waals surface area contributed by atoms with E-state index in [0.29, 0.717) is 6.42 Å². The van der Waals surface area contributed by atoms with Crippen LogP contribution in [0.5, 0.6) is 0 Å². The van der Waals surface area contributed by atoms with Gasteiger partial charge < -0.3 is 15.9 Å². The summed E-state index contributed by atoms with van der Waals surface area (Å²) < 4.78 is 0. The summed E-state index contributed by atoms with van der Waals surface area (Å²) >= 11 is 0. The molecule has 0 unspecified atom stereocenters. The average molecular weight is 163 g/mol. The Kier molecular flexibility index (Phi) is 5.75. The highest BCUT2D eigenvalue weighted by molar-refractivity contribution is 4.60. The van der Waals surface area contributed by atoms with Crippen molar-refractivity contribution in [3.63, 3.8) is 0 Å². The fraction of sp³-hybridized carbons (Fsp3) is 1.00. The molecule has 4 N–H and O–H groups in total. The van der Waals surface area contributed by atoms with Crippen molar-refractivity contribution in [2.45, 2.75) is 52.4 Å². The molecule has 0 aromatic heterocycles. The molecule has 0 radical (unpaired) electrons. The molecule has 0 aliphatic rings. The van der Waals surface area contributed by atoms with Crippen LogP contribution in [0.25, 0.3) is 0 Å². The second-order valence-electron chi connectivity index (χ2n) is 3.94. The zero-order valence-electron chi connectivity index (χ0n) is 8.18. The Labute approximate surface area is 69.2 Å². The number of hydrogen-bond donors (Lipinski definition) is 3. The lowest BCUT2D eigenvalue weighted by atomic mass is 10.1. The SMILES string of the molecule is CC(C)(C)N.CCC(C)(O)O. The lowest BCUT2D eigenvalue weighted by molar-refractivity contribution is -0.145. The molecule has 0 aromatic carbocycles. The molecule has 0 aromatic rings. The average Bonchev–Trinajstić information content (AvgIpc) is 1.59. The molecular formula is C8H21NO2. The van der Waals surface area contributed by atoms with E-state index in [2.05, 4.69) is 0 Å². The first kappa shape index (κ1) is 13.5. The normalized spacial score (nSPS) is 12.0. The van der Waals surface area contributed by atoms with Crippen LogP contribution < -0.4 is 5.73 Å². The number of aliphatic hydroxyl groups is 2. The minimum Gasteiger partial charge on any atom is -0.366 e. The topological polar surface area (TPSA) is 66.5 Å². The van der Waals surface area contributed by atoms with Gasteiger partial charge in [-0.1, -0.05) is 6.92 Å². The van der Waals surface area contributed by atoms with Gasteiger partial charge in [0.25, 0.3) is 0 Å². The first-order valence-electron chi connectivity index (χ1n) is 3.80. The van der Waals surface area contributed by atoms with Crippen molar-refractivity contribution >= 4 is 0 Å². The molecule has 3 nitrogen and oxygen atoms in total. The molecule has 0 saturated heterocycles. The molecule has 0 aliphatic carbocycles. The standard InChI is InChI=1S/C4H11N.C4H10O2/c1-4(2,3)5;1-3-4(2,5)6/h5H2,1-3H3;5-6H,3H2,1-2H3. The van der Waals surface area contributed by atoms with Crippen LogP contribution in [0.2, 0.25) is 0 Å². The van der Waals surface area contributed by atoms with Crippen LogP contribution in [-0.2, 0) is 0 Å². The third-order valence-corrected chi connectivity index (χ3v) is 0.670. The van der Waals surface area contributed by atoms with Gasteiger partial charge in [-0.3, -0.25) is 0 Å². The Bertz CT molecular complexity index is 83.2. The Balaban J connectivity index is 0. The Morgan fingerprint density at radius 2 is 1.18 bits per heavy atom. The summed E-state index contributed by atoms with van der Waals surface area (Å²) in [5.74, 6) is -1.46. The summed E-state index contributed by atoms with van der Waals surface area (Å²) in [5, 5.41) is 16.8. The van der Waals surface area contributed by atoms with Gasteiger partial charge in [-0.15, -0.1) is 0 Å². The van der Waals surface area contributed by atoms with Gasteiger partial charge in [0.05, 0.1) is 0 Å². The maximum absolute atomic E-state index is 8.38. The lowest BCUT2D eigenvalue weighted by Gasteiger charge is -2.10. The van der Waals surface area contributed by atoms with Gasteiger partial charge in [0.15, 0.2) is 5.79 Å². The van der Waals surface area contributed by atoms with E-state index in [4.69, 9.17) is 15.9 Å². The molecule has 0 saturated carbocycles. The number of rotatable bonds is 1. The van der Waals surface area contributed by atoms with E-state index in [0.717, 1.165) is 0 Å². The summed E-state index contributed by atoms with van der Waals surface area (Å²) in [4.78, 5) is 0. The number of hydrogen-bond acceptors (Lipinski definition) is 3. The highest BCUT2D eigenvalue weighted by Gasteiger charge is 2.08. The lowest BCUT2D eigenvalue weighted by Crippen LogP contribution is -2.26. The van der Waals surface area contributed by atoms with Crippen LogP contribution in [-0.4, -0.2) is 21.5 Å². The summed E-state index contributed by atoms with van der Waals surface area (Å²) in [5.41, 5.74) is 5.35. The second-order valence-corrected chi connectivity index (χ2v) is 3.94. The van der Waals surface area contributed by atoms with Gasteiger partial charge in [-0.05, 0) is 34.1 Å². The molecule has 0 bridgehead atoms. The fourth-order valence-corrected chi connectivity index (χ4v) is 0. The van der Waals surface area contributed by atoms with Gasteiger partial charge in [-0.25, -0.2) is 0 Å². The van der Waals surface area contributed by atoms with Crippen LogP contribution in [0.3, 0.4) is 0 Å². The molecule has 70 valence electrons. The molecule has 11 heavy (non-hydrogen) atoms. The quantitative estimate of drug-likeness (QED) is 0.502. The van der Waals surface area contributed by atoms with E-state index < -0.39 is 5.79 Å². The van der Waals surface area contributed by atoms with E-state index in [-0.39, 0.29) is 5.54 Å². The molecular weight excluding hydrogens is 142 g/mol. The minimum atomic E-state index is -1.46. The number of nitrogens with two attached hydrogens (primary N) is 1. The molecule has 3 heteroatoms. The zero-order valence-corrected chi connectivity index (χ0v) is 8.18. The molecule has 0 fully saturated rings. The van der Waals surface area contributed by atoms with Gasteiger partial charge >= 0.3 is 0 Å². The van der Waals surface area contributed by atoms with E-state index >= 15 is 0 Å². The smallest absolute Gasteiger partial charge is 0.159 e. The van der Waals surface area contributed by atoms with Crippen molar-refractivity contribution in [3.05, 3.63) is 0 Å². The Hall–Kier alpha value is -0.120. The van der Waals surface area contributed by atoms with Crippen molar-refractivity contribution in [1.29, 1.82) is 0 Å². The van der Waals surface area contributed by atoms with Crippen LogP contribution in [0, 0.1) is 0 Å². The first-order chi connectivity index (χ1) is 4.56. The fourth-order valence-electron chi connectivity index (χ4n) is 0. The van der Waals surface area contributed by atoms with E-state index in [9.17, 15) is 0 Å². The molecule has 0 aliphatic heterocycles.